The third-order valence-electron chi connectivity index (χ3n) is 4.80. The lowest BCUT2D eigenvalue weighted by Gasteiger charge is -2.20. The zero-order valence-electron chi connectivity index (χ0n) is 14.7. The van der Waals surface area contributed by atoms with Gasteiger partial charge >= 0.3 is 5.97 Å². The summed E-state index contributed by atoms with van der Waals surface area (Å²) < 4.78 is 5.23. The molecule has 1 N–H and O–H groups in total. The van der Waals surface area contributed by atoms with Crippen LogP contribution in [0.1, 0.15) is 59.7 Å². The van der Waals surface area contributed by atoms with E-state index in [-0.39, 0.29) is 23.1 Å². The molecule has 0 aromatic heterocycles. The Kier molecular flexibility index (Phi) is 5.35. The molecule has 3 amide bonds. The number of ether oxygens (including phenoxy) is 1. The van der Waals surface area contributed by atoms with E-state index in [1.807, 2.05) is 0 Å². The van der Waals surface area contributed by atoms with Gasteiger partial charge in [0.05, 0.1) is 11.1 Å². The van der Waals surface area contributed by atoms with Crippen molar-refractivity contribution in [2.75, 3.05) is 6.54 Å². The fourth-order valence-electron chi connectivity index (χ4n) is 3.39. The van der Waals surface area contributed by atoms with Crippen LogP contribution in [0.3, 0.4) is 0 Å². The average Bonchev–Trinajstić information content (AvgIpc) is 3.23. The van der Waals surface area contributed by atoms with Crippen molar-refractivity contribution in [1.29, 1.82) is 0 Å². The van der Waals surface area contributed by atoms with E-state index in [0.717, 1.165) is 30.6 Å². The SMILES string of the molecule is CC[C@@H](OC(=O)CN1C(=O)c2ccccc2C1=O)C(=O)NC1CCCC1. The highest BCUT2D eigenvalue weighted by Gasteiger charge is 2.37. The van der Waals surface area contributed by atoms with Crippen molar-refractivity contribution in [1.82, 2.24) is 10.2 Å². The molecule has 1 aromatic carbocycles. The number of fused-ring (bicyclic) bond motifs is 1. The Balaban J connectivity index is 1.58. The summed E-state index contributed by atoms with van der Waals surface area (Å²) in [4.78, 5) is 49.9. The van der Waals surface area contributed by atoms with Crippen LogP contribution >= 0.6 is 0 Å². The van der Waals surface area contributed by atoms with Gasteiger partial charge in [-0.3, -0.25) is 24.1 Å². The minimum absolute atomic E-state index is 0.131. The molecule has 2 aliphatic rings. The van der Waals surface area contributed by atoms with E-state index in [1.54, 1.807) is 31.2 Å². The van der Waals surface area contributed by atoms with Crippen molar-refractivity contribution in [3.8, 4) is 0 Å². The average molecular weight is 358 g/mol. The van der Waals surface area contributed by atoms with Gasteiger partial charge in [-0.05, 0) is 31.4 Å². The molecule has 1 fully saturated rings. The molecule has 0 spiro atoms. The predicted molar refractivity (Wildman–Crippen MR) is 92.4 cm³/mol. The minimum Gasteiger partial charge on any atom is -0.451 e. The van der Waals surface area contributed by atoms with E-state index < -0.39 is 30.4 Å². The summed E-state index contributed by atoms with van der Waals surface area (Å²) in [5, 5.41) is 2.90. The second-order valence-electron chi connectivity index (χ2n) is 6.62. The standard InChI is InChI=1S/C19H22N2O5/c1-2-15(17(23)20-12-7-3-4-8-12)26-16(22)11-21-18(24)13-9-5-6-10-14(13)19(21)25/h5-6,9-10,12,15H,2-4,7-8,11H2,1H3,(H,20,23)/t15-/m1/s1. The van der Waals surface area contributed by atoms with Crippen molar-refractivity contribution in [3.05, 3.63) is 35.4 Å². The van der Waals surface area contributed by atoms with Gasteiger partial charge < -0.3 is 10.1 Å². The van der Waals surface area contributed by atoms with Gasteiger partial charge in [0, 0.05) is 6.04 Å². The number of imide groups is 1. The van der Waals surface area contributed by atoms with Gasteiger partial charge in [0.15, 0.2) is 6.10 Å². The Morgan fingerprint density at radius 3 is 2.27 bits per heavy atom. The van der Waals surface area contributed by atoms with Gasteiger partial charge in [0.25, 0.3) is 17.7 Å². The molecule has 3 rings (SSSR count). The van der Waals surface area contributed by atoms with Crippen LogP contribution in [-0.4, -0.2) is 47.3 Å². The highest BCUT2D eigenvalue weighted by Crippen LogP contribution is 2.22. The largest absolute Gasteiger partial charge is 0.451 e. The van der Waals surface area contributed by atoms with Crippen molar-refractivity contribution in [2.24, 2.45) is 0 Å². The van der Waals surface area contributed by atoms with Crippen LogP contribution in [0.2, 0.25) is 0 Å². The zero-order chi connectivity index (χ0) is 18.7. The normalized spacial score (nSPS) is 18.0. The smallest absolute Gasteiger partial charge is 0.327 e. The summed E-state index contributed by atoms with van der Waals surface area (Å²) in [6, 6.07) is 6.54. The van der Waals surface area contributed by atoms with Crippen LogP contribution < -0.4 is 5.32 Å². The van der Waals surface area contributed by atoms with Crippen molar-refractivity contribution in [3.63, 3.8) is 0 Å². The van der Waals surface area contributed by atoms with E-state index in [9.17, 15) is 19.2 Å². The second-order valence-corrected chi connectivity index (χ2v) is 6.62. The van der Waals surface area contributed by atoms with Crippen molar-refractivity contribution < 1.29 is 23.9 Å². The number of amides is 3. The topological polar surface area (TPSA) is 92.8 Å². The first kappa shape index (κ1) is 18.1. The summed E-state index contributed by atoms with van der Waals surface area (Å²) in [6.07, 6.45) is 3.45. The first-order valence-electron chi connectivity index (χ1n) is 8.96. The summed E-state index contributed by atoms with van der Waals surface area (Å²) >= 11 is 0. The molecule has 0 unspecified atom stereocenters. The fraction of sp³-hybridized carbons (Fsp3) is 0.474. The molecule has 7 heteroatoms. The zero-order valence-corrected chi connectivity index (χ0v) is 14.7. The van der Waals surface area contributed by atoms with Gasteiger partial charge in [0.1, 0.15) is 6.54 Å². The lowest BCUT2D eigenvalue weighted by molar-refractivity contribution is -0.156. The maximum absolute atomic E-state index is 12.3. The lowest BCUT2D eigenvalue weighted by Crippen LogP contribution is -2.44. The molecular formula is C19H22N2O5. The second kappa shape index (κ2) is 7.68. The number of nitrogens with zero attached hydrogens (tertiary/aromatic N) is 1. The quantitative estimate of drug-likeness (QED) is 0.617. The number of benzene rings is 1. The van der Waals surface area contributed by atoms with Crippen LogP contribution in [0.25, 0.3) is 0 Å². The number of rotatable bonds is 6. The van der Waals surface area contributed by atoms with E-state index in [1.165, 1.54) is 0 Å². The lowest BCUT2D eigenvalue weighted by atomic mass is 10.1. The Morgan fingerprint density at radius 1 is 1.15 bits per heavy atom. The van der Waals surface area contributed by atoms with Crippen LogP contribution in [0, 0.1) is 0 Å². The summed E-state index contributed by atoms with van der Waals surface area (Å²) in [5.41, 5.74) is 0.549. The van der Waals surface area contributed by atoms with Gasteiger partial charge in [0.2, 0.25) is 0 Å². The highest BCUT2D eigenvalue weighted by atomic mass is 16.5. The van der Waals surface area contributed by atoms with Gasteiger partial charge in [-0.15, -0.1) is 0 Å². The third-order valence-corrected chi connectivity index (χ3v) is 4.80. The van der Waals surface area contributed by atoms with E-state index in [2.05, 4.69) is 5.32 Å². The predicted octanol–water partition coefficient (Wildman–Crippen LogP) is 1.66. The molecule has 1 saturated carbocycles. The Morgan fingerprint density at radius 2 is 1.73 bits per heavy atom. The van der Waals surface area contributed by atoms with E-state index in [4.69, 9.17) is 4.74 Å². The molecule has 1 aliphatic heterocycles. The molecule has 1 atom stereocenters. The fourth-order valence-corrected chi connectivity index (χ4v) is 3.39. The van der Waals surface area contributed by atoms with Crippen molar-refractivity contribution in [2.45, 2.75) is 51.2 Å². The molecule has 0 bridgehead atoms. The van der Waals surface area contributed by atoms with Crippen LogP contribution in [0.15, 0.2) is 24.3 Å². The number of carbonyl (C=O) groups is 4. The van der Waals surface area contributed by atoms with Crippen LogP contribution in [-0.2, 0) is 14.3 Å². The van der Waals surface area contributed by atoms with Crippen molar-refractivity contribution >= 4 is 23.7 Å². The monoisotopic (exact) mass is 358 g/mol. The Bertz CT molecular complexity index is 704. The Hall–Kier alpha value is -2.70. The van der Waals surface area contributed by atoms with E-state index in [0.29, 0.717) is 6.42 Å². The highest BCUT2D eigenvalue weighted by molar-refractivity contribution is 6.22. The molecule has 0 radical (unpaired) electrons. The molecular weight excluding hydrogens is 336 g/mol. The first-order chi connectivity index (χ1) is 12.5. The molecule has 7 nitrogen and oxygen atoms in total. The first-order valence-corrected chi connectivity index (χ1v) is 8.96. The maximum Gasteiger partial charge on any atom is 0.327 e. The Labute approximate surface area is 151 Å². The molecule has 1 aliphatic carbocycles. The van der Waals surface area contributed by atoms with Crippen LogP contribution in [0.5, 0.6) is 0 Å². The minimum atomic E-state index is -0.918. The molecule has 138 valence electrons. The van der Waals surface area contributed by atoms with E-state index >= 15 is 0 Å². The van der Waals surface area contributed by atoms with Crippen LogP contribution in [0.4, 0.5) is 0 Å². The molecule has 0 saturated heterocycles. The number of esters is 1. The summed E-state index contributed by atoms with van der Waals surface area (Å²) in [5.74, 6) is -2.14. The van der Waals surface area contributed by atoms with Gasteiger partial charge in [-0.25, -0.2) is 0 Å². The molecule has 26 heavy (non-hydrogen) atoms. The summed E-state index contributed by atoms with van der Waals surface area (Å²) in [6.45, 7) is 1.24. The number of hydrogen-bond acceptors (Lipinski definition) is 5. The van der Waals surface area contributed by atoms with Gasteiger partial charge in [-0.1, -0.05) is 31.9 Å². The number of hydrogen-bond donors (Lipinski definition) is 1. The maximum atomic E-state index is 12.3. The van der Waals surface area contributed by atoms with Gasteiger partial charge in [-0.2, -0.15) is 0 Å². The molecule has 1 heterocycles. The third kappa shape index (κ3) is 3.61. The number of nitrogens with one attached hydrogen (secondary N) is 1. The molecule has 1 aromatic rings. The summed E-state index contributed by atoms with van der Waals surface area (Å²) in [7, 11) is 0. The number of carbonyl (C=O) groups excluding carboxylic acids is 4.